The van der Waals surface area contributed by atoms with Gasteiger partial charge in [-0.15, -0.1) is 0 Å². The SMILES string of the molecule is C#CC1C[PH](C)(O)CC(C)C1C. The van der Waals surface area contributed by atoms with Crippen molar-refractivity contribution in [2.45, 2.75) is 13.8 Å². The quantitative estimate of drug-likeness (QED) is 0.452. The van der Waals surface area contributed by atoms with Crippen molar-refractivity contribution in [2.24, 2.45) is 17.8 Å². The molecule has 1 heterocycles. The van der Waals surface area contributed by atoms with E-state index in [0.717, 1.165) is 12.3 Å². The van der Waals surface area contributed by atoms with Crippen LogP contribution in [0.3, 0.4) is 0 Å². The summed E-state index contributed by atoms with van der Waals surface area (Å²) in [5.41, 5.74) is 0. The minimum absolute atomic E-state index is 0.315. The Morgan fingerprint density at radius 1 is 1.42 bits per heavy atom. The van der Waals surface area contributed by atoms with Gasteiger partial charge in [-0.2, -0.15) is 0 Å². The third kappa shape index (κ3) is 2.00. The number of hydrogen-bond acceptors (Lipinski definition) is 1. The summed E-state index contributed by atoms with van der Waals surface area (Å²) in [4.78, 5) is 10.0. The van der Waals surface area contributed by atoms with Gasteiger partial charge in [0.1, 0.15) is 0 Å². The fourth-order valence-electron chi connectivity index (χ4n) is 2.23. The zero-order valence-corrected chi connectivity index (χ0v) is 9.17. The molecule has 1 nitrogen and oxygen atoms in total. The fraction of sp³-hybridized carbons (Fsp3) is 0.800. The summed E-state index contributed by atoms with van der Waals surface area (Å²) >= 11 is 0. The van der Waals surface area contributed by atoms with Gasteiger partial charge in [0.2, 0.25) is 0 Å². The number of terminal acetylenes is 1. The summed E-state index contributed by atoms with van der Waals surface area (Å²) in [6.07, 6.45) is 7.36. The predicted octanol–water partition coefficient (Wildman–Crippen LogP) is 1.81. The molecule has 70 valence electrons. The summed E-state index contributed by atoms with van der Waals surface area (Å²) in [6.45, 7) is 6.44. The van der Waals surface area contributed by atoms with Gasteiger partial charge < -0.3 is 0 Å². The number of hydrogen-bond donors (Lipinski definition) is 1. The summed E-state index contributed by atoms with van der Waals surface area (Å²) in [5, 5.41) is 0. The van der Waals surface area contributed by atoms with Crippen molar-refractivity contribution in [2.75, 3.05) is 19.0 Å². The third-order valence-corrected chi connectivity index (χ3v) is 6.01. The van der Waals surface area contributed by atoms with Crippen molar-refractivity contribution in [3.8, 4) is 12.3 Å². The molecule has 0 radical (unpaired) electrons. The molecule has 1 fully saturated rings. The molecule has 1 rings (SSSR count). The van der Waals surface area contributed by atoms with Gasteiger partial charge in [-0.25, -0.2) is 0 Å². The average Bonchev–Trinajstić information content (AvgIpc) is 1.96. The molecule has 12 heavy (non-hydrogen) atoms. The molecule has 0 saturated carbocycles. The van der Waals surface area contributed by atoms with Crippen LogP contribution >= 0.6 is 7.49 Å². The van der Waals surface area contributed by atoms with Gasteiger partial charge in [0.25, 0.3) is 0 Å². The van der Waals surface area contributed by atoms with E-state index in [1.807, 2.05) is 6.66 Å². The van der Waals surface area contributed by atoms with E-state index in [4.69, 9.17) is 6.42 Å². The molecule has 1 saturated heterocycles. The van der Waals surface area contributed by atoms with E-state index in [9.17, 15) is 4.89 Å². The van der Waals surface area contributed by atoms with Crippen LogP contribution in [0.1, 0.15) is 13.8 Å². The van der Waals surface area contributed by atoms with E-state index >= 15 is 0 Å². The molecule has 0 aromatic rings. The van der Waals surface area contributed by atoms with E-state index in [1.54, 1.807) is 0 Å². The van der Waals surface area contributed by atoms with Gasteiger partial charge in [0.05, 0.1) is 0 Å². The van der Waals surface area contributed by atoms with Gasteiger partial charge in [-0.1, -0.05) is 0 Å². The van der Waals surface area contributed by atoms with Crippen LogP contribution in [-0.4, -0.2) is 23.9 Å². The zero-order valence-electron chi connectivity index (χ0n) is 8.17. The van der Waals surface area contributed by atoms with Crippen LogP contribution in [0.15, 0.2) is 0 Å². The van der Waals surface area contributed by atoms with Gasteiger partial charge in [-0.3, -0.25) is 0 Å². The zero-order chi connectivity index (χ0) is 9.35. The summed E-state index contributed by atoms with van der Waals surface area (Å²) in [6, 6.07) is 0. The van der Waals surface area contributed by atoms with E-state index < -0.39 is 7.49 Å². The second kappa shape index (κ2) is 3.36. The Morgan fingerprint density at radius 2 is 2.00 bits per heavy atom. The molecule has 1 N–H and O–H groups in total. The first kappa shape index (κ1) is 10.0. The third-order valence-electron chi connectivity index (χ3n) is 3.17. The van der Waals surface area contributed by atoms with E-state index in [0.29, 0.717) is 17.8 Å². The van der Waals surface area contributed by atoms with Gasteiger partial charge in [-0.05, 0) is 0 Å². The molecule has 0 aromatic heterocycles. The standard InChI is InChI=1S/C10H19OP/c1-5-10-7-12(4,11)6-8(2)9(10)3/h1,8-12H,6-7H2,2-4H3. The van der Waals surface area contributed by atoms with Gasteiger partial charge in [0.15, 0.2) is 0 Å². The van der Waals surface area contributed by atoms with Crippen LogP contribution in [0, 0.1) is 30.1 Å². The normalized spacial score (nSPS) is 43.1. The van der Waals surface area contributed by atoms with Crippen molar-refractivity contribution in [3.63, 3.8) is 0 Å². The second-order valence-corrected chi connectivity index (χ2v) is 8.33. The molecule has 1 aliphatic heterocycles. The van der Waals surface area contributed by atoms with E-state index in [1.165, 1.54) is 0 Å². The molecule has 0 bridgehead atoms. The minimum atomic E-state index is -1.92. The topological polar surface area (TPSA) is 20.2 Å². The monoisotopic (exact) mass is 186 g/mol. The Hall–Kier alpha value is -0.0500. The first-order chi connectivity index (χ1) is 5.46. The predicted molar refractivity (Wildman–Crippen MR) is 56.8 cm³/mol. The first-order valence-electron chi connectivity index (χ1n) is 4.65. The Labute approximate surface area is 76.0 Å². The van der Waals surface area contributed by atoms with Crippen molar-refractivity contribution in [1.29, 1.82) is 0 Å². The van der Waals surface area contributed by atoms with Crippen molar-refractivity contribution >= 4 is 7.49 Å². The van der Waals surface area contributed by atoms with E-state index in [2.05, 4.69) is 19.8 Å². The van der Waals surface area contributed by atoms with Crippen LogP contribution in [0.25, 0.3) is 0 Å². The molecule has 3 unspecified atom stereocenters. The van der Waals surface area contributed by atoms with E-state index in [-0.39, 0.29) is 0 Å². The molecule has 0 amide bonds. The Morgan fingerprint density at radius 3 is 2.50 bits per heavy atom. The van der Waals surface area contributed by atoms with Crippen LogP contribution < -0.4 is 0 Å². The van der Waals surface area contributed by atoms with Crippen LogP contribution in [0.2, 0.25) is 0 Å². The summed E-state index contributed by atoms with van der Waals surface area (Å²) < 4.78 is 0. The average molecular weight is 186 g/mol. The molecule has 0 aromatic carbocycles. The Bertz CT molecular complexity index is 204. The fourth-order valence-corrected chi connectivity index (χ4v) is 5.59. The molecular formula is C10H19OP. The number of rotatable bonds is 0. The van der Waals surface area contributed by atoms with Crippen LogP contribution in [-0.2, 0) is 0 Å². The molecule has 1 aliphatic rings. The van der Waals surface area contributed by atoms with Crippen molar-refractivity contribution < 1.29 is 4.89 Å². The maximum absolute atomic E-state index is 10.0. The van der Waals surface area contributed by atoms with Crippen LogP contribution in [0.4, 0.5) is 0 Å². The van der Waals surface area contributed by atoms with Crippen molar-refractivity contribution in [1.82, 2.24) is 0 Å². The molecule has 0 spiro atoms. The van der Waals surface area contributed by atoms with Gasteiger partial charge >= 0.3 is 75.3 Å². The van der Waals surface area contributed by atoms with Gasteiger partial charge in [0, 0.05) is 0 Å². The molecule has 2 heteroatoms. The molecule has 0 aliphatic carbocycles. The molecule has 3 atom stereocenters. The Balaban J connectivity index is 2.73. The summed E-state index contributed by atoms with van der Waals surface area (Å²) in [5.74, 6) is 4.31. The Kier molecular flexibility index (Phi) is 2.81. The van der Waals surface area contributed by atoms with Crippen molar-refractivity contribution in [3.05, 3.63) is 0 Å². The second-order valence-electron chi connectivity index (χ2n) is 4.51. The first-order valence-corrected chi connectivity index (χ1v) is 7.51. The van der Waals surface area contributed by atoms with Crippen LogP contribution in [0.5, 0.6) is 0 Å². The molecular weight excluding hydrogens is 167 g/mol. The maximum atomic E-state index is 10.0. The summed E-state index contributed by atoms with van der Waals surface area (Å²) in [7, 11) is -1.92.